The zero-order valence-corrected chi connectivity index (χ0v) is 13.2. The number of nitrogens with zero attached hydrogens (tertiary/aromatic N) is 1. The highest BCUT2D eigenvalue weighted by atomic mass is 35.5. The Kier molecular flexibility index (Phi) is 4.92. The second kappa shape index (κ2) is 6.49. The van der Waals surface area contributed by atoms with Crippen LogP contribution in [-0.4, -0.2) is 30.5 Å². The van der Waals surface area contributed by atoms with Crippen molar-refractivity contribution >= 4 is 17.5 Å². The van der Waals surface area contributed by atoms with Gasteiger partial charge in [0.25, 0.3) is 5.91 Å². The number of halogens is 1. The molecular formula is C16H22ClNO2. The van der Waals surface area contributed by atoms with Crippen LogP contribution in [0.25, 0.3) is 0 Å². The van der Waals surface area contributed by atoms with E-state index in [-0.39, 0.29) is 12.5 Å². The molecule has 0 aromatic heterocycles. The third kappa shape index (κ3) is 3.45. The van der Waals surface area contributed by atoms with Gasteiger partial charge in [0.05, 0.1) is 0 Å². The van der Waals surface area contributed by atoms with E-state index in [9.17, 15) is 4.79 Å². The van der Waals surface area contributed by atoms with E-state index in [2.05, 4.69) is 13.8 Å². The summed E-state index contributed by atoms with van der Waals surface area (Å²) in [5.41, 5.74) is 2.02. The molecule has 1 aromatic carbocycles. The van der Waals surface area contributed by atoms with Crippen molar-refractivity contribution in [1.29, 1.82) is 0 Å². The van der Waals surface area contributed by atoms with Crippen LogP contribution >= 0.6 is 11.6 Å². The summed E-state index contributed by atoms with van der Waals surface area (Å²) in [7, 11) is 0. The molecule has 110 valence electrons. The molecule has 1 fully saturated rings. The van der Waals surface area contributed by atoms with Crippen LogP contribution in [0, 0.1) is 6.92 Å². The van der Waals surface area contributed by atoms with E-state index in [1.807, 2.05) is 24.0 Å². The molecular weight excluding hydrogens is 274 g/mol. The van der Waals surface area contributed by atoms with Crippen molar-refractivity contribution in [2.75, 3.05) is 19.7 Å². The molecule has 0 unspecified atom stereocenters. The van der Waals surface area contributed by atoms with Crippen molar-refractivity contribution < 1.29 is 9.53 Å². The smallest absolute Gasteiger partial charge is 0.260 e. The minimum atomic E-state index is 0.0722. The number of carbonyl (C=O) groups excluding carboxylic acids is 1. The standard InChI is InChI=1S/C16H22ClNO2/c1-11(2)13-9-15(12(3)8-14(13)17)20-10-16(19)18-6-4-5-7-18/h8-9,11H,4-7,10H2,1-3H3. The maximum atomic E-state index is 12.0. The molecule has 1 aromatic rings. The first-order valence-corrected chi connectivity index (χ1v) is 7.57. The second-order valence-electron chi connectivity index (χ2n) is 5.67. The predicted molar refractivity (Wildman–Crippen MR) is 81.6 cm³/mol. The lowest BCUT2D eigenvalue weighted by molar-refractivity contribution is -0.132. The average molecular weight is 296 g/mol. The molecule has 1 heterocycles. The van der Waals surface area contributed by atoms with Crippen molar-refractivity contribution in [2.45, 2.75) is 39.5 Å². The fraction of sp³-hybridized carbons (Fsp3) is 0.562. The van der Waals surface area contributed by atoms with Gasteiger partial charge < -0.3 is 9.64 Å². The first-order chi connectivity index (χ1) is 9.49. The molecule has 2 rings (SSSR count). The summed E-state index contributed by atoms with van der Waals surface area (Å²) < 4.78 is 5.71. The Balaban J connectivity index is 2.05. The van der Waals surface area contributed by atoms with Crippen molar-refractivity contribution in [2.24, 2.45) is 0 Å². The predicted octanol–water partition coefficient (Wildman–Crippen LogP) is 3.77. The van der Waals surface area contributed by atoms with Gasteiger partial charge in [-0.3, -0.25) is 4.79 Å². The van der Waals surface area contributed by atoms with Crippen LogP contribution in [-0.2, 0) is 4.79 Å². The molecule has 20 heavy (non-hydrogen) atoms. The summed E-state index contributed by atoms with van der Waals surface area (Å²) in [6.07, 6.45) is 2.20. The Hall–Kier alpha value is -1.22. The molecule has 0 atom stereocenters. The van der Waals surface area contributed by atoms with E-state index < -0.39 is 0 Å². The van der Waals surface area contributed by atoms with Crippen LogP contribution in [0.2, 0.25) is 5.02 Å². The highest BCUT2D eigenvalue weighted by Gasteiger charge is 2.19. The number of hydrogen-bond acceptors (Lipinski definition) is 2. The maximum Gasteiger partial charge on any atom is 0.260 e. The normalized spacial score (nSPS) is 14.9. The number of carbonyl (C=O) groups is 1. The number of aryl methyl sites for hydroxylation is 1. The van der Waals surface area contributed by atoms with Gasteiger partial charge in [-0.15, -0.1) is 0 Å². The van der Waals surface area contributed by atoms with Crippen molar-refractivity contribution in [1.82, 2.24) is 4.90 Å². The molecule has 0 saturated carbocycles. The van der Waals surface area contributed by atoms with E-state index in [0.29, 0.717) is 5.92 Å². The molecule has 0 radical (unpaired) electrons. The number of amides is 1. The molecule has 1 saturated heterocycles. The zero-order chi connectivity index (χ0) is 14.7. The van der Waals surface area contributed by atoms with Crippen molar-refractivity contribution in [3.05, 3.63) is 28.3 Å². The van der Waals surface area contributed by atoms with Crippen LogP contribution in [0.4, 0.5) is 0 Å². The molecule has 0 spiro atoms. The van der Waals surface area contributed by atoms with Gasteiger partial charge in [-0.05, 0) is 48.9 Å². The lowest BCUT2D eigenvalue weighted by Gasteiger charge is -2.18. The van der Waals surface area contributed by atoms with E-state index in [4.69, 9.17) is 16.3 Å². The van der Waals surface area contributed by atoms with Crippen molar-refractivity contribution in [3.63, 3.8) is 0 Å². The maximum absolute atomic E-state index is 12.0. The van der Waals surface area contributed by atoms with Gasteiger partial charge in [-0.25, -0.2) is 0 Å². The number of hydrogen-bond donors (Lipinski definition) is 0. The molecule has 1 aliphatic rings. The Morgan fingerprint density at radius 2 is 2.00 bits per heavy atom. The third-order valence-corrected chi connectivity index (χ3v) is 4.05. The zero-order valence-electron chi connectivity index (χ0n) is 12.4. The number of benzene rings is 1. The van der Waals surface area contributed by atoms with Gasteiger partial charge in [-0.2, -0.15) is 0 Å². The van der Waals surface area contributed by atoms with Crippen LogP contribution in [0.15, 0.2) is 12.1 Å². The molecule has 3 nitrogen and oxygen atoms in total. The summed E-state index contributed by atoms with van der Waals surface area (Å²) in [6, 6.07) is 3.87. The van der Waals surface area contributed by atoms with Crippen LogP contribution in [0.3, 0.4) is 0 Å². The SMILES string of the molecule is Cc1cc(Cl)c(C(C)C)cc1OCC(=O)N1CCCC1. The number of likely N-dealkylation sites (tertiary alicyclic amines) is 1. The lowest BCUT2D eigenvalue weighted by atomic mass is 10.0. The van der Waals surface area contributed by atoms with Crippen LogP contribution < -0.4 is 4.74 Å². The van der Waals surface area contributed by atoms with E-state index in [0.717, 1.165) is 47.8 Å². The first-order valence-electron chi connectivity index (χ1n) is 7.19. The highest BCUT2D eigenvalue weighted by molar-refractivity contribution is 6.31. The monoisotopic (exact) mass is 295 g/mol. The van der Waals surface area contributed by atoms with Crippen LogP contribution in [0.1, 0.15) is 43.7 Å². The Labute approximate surface area is 125 Å². The largest absolute Gasteiger partial charge is 0.483 e. The number of rotatable bonds is 4. The third-order valence-electron chi connectivity index (χ3n) is 3.73. The summed E-state index contributed by atoms with van der Waals surface area (Å²) >= 11 is 6.23. The fourth-order valence-corrected chi connectivity index (χ4v) is 2.90. The Morgan fingerprint density at radius 1 is 1.35 bits per heavy atom. The second-order valence-corrected chi connectivity index (χ2v) is 6.08. The summed E-state index contributed by atoms with van der Waals surface area (Å²) in [5, 5.41) is 0.760. The van der Waals surface area contributed by atoms with Gasteiger partial charge in [0.1, 0.15) is 5.75 Å². The number of ether oxygens (including phenoxy) is 1. The first kappa shape index (κ1) is 15.2. The Bertz CT molecular complexity index is 493. The van der Waals surface area contributed by atoms with Gasteiger partial charge in [0.15, 0.2) is 6.61 Å². The van der Waals surface area contributed by atoms with Crippen LogP contribution in [0.5, 0.6) is 5.75 Å². The molecule has 4 heteroatoms. The lowest BCUT2D eigenvalue weighted by Crippen LogP contribution is -2.32. The molecule has 1 amide bonds. The minimum absolute atomic E-state index is 0.0722. The van der Waals surface area contributed by atoms with Crippen molar-refractivity contribution in [3.8, 4) is 5.75 Å². The van der Waals surface area contributed by atoms with Gasteiger partial charge >= 0.3 is 0 Å². The fourth-order valence-electron chi connectivity index (χ4n) is 2.46. The minimum Gasteiger partial charge on any atom is -0.483 e. The highest BCUT2D eigenvalue weighted by Crippen LogP contribution is 2.31. The Morgan fingerprint density at radius 3 is 2.60 bits per heavy atom. The molecule has 0 bridgehead atoms. The van der Waals surface area contributed by atoms with Gasteiger partial charge in [0.2, 0.25) is 0 Å². The van der Waals surface area contributed by atoms with Gasteiger partial charge in [-0.1, -0.05) is 25.4 Å². The van der Waals surface area contributed by atoms with E-state index in [1.165, 1.54) is 0 Å². The average Bonchev–Trinajstić information content (AvgIpc) is 2.90. The summed E-state index contributed by atoms with van der Waals surface area (Å²) in [6.45, 7) is 7.97. The van der Waals surface area contributed by atoms with Gasteiger partial charge in [0, 0.05) is 18.1 Å². The van der Waals surface area contributed by atoms with E-state index >= 15 is 0 Å². The summed E-state index contributed by atoms with van der Waals surface area (Å²) in [4.78, 5) is 13.9. The van der Waals surface area contributed by atoms with E-state index in [1.54, 1.807) is 0 Å². The topological polar surface area (TPSA) is 29.5 Å². The molecule has 0 aliphatic carbocycles. The quantitative estimate of drug-likeness (QED) is 0.846. The molecule has 1 aliphatic heterocycles. The summed E-state index contributed by atoms with van der Waals surface area (Å²) in [5.74, 6) is 1.16. The molecule has 0 N–H and O–H groups in total.